The van der Waals surface area contributed by atoms with Crippen LogP contribution in [0.2, 0.25) is 0 Å². The summed E-state index contributed by atoms with van der Waals surface area (Å²) in [6.07, 6.45) is 6.10. The predicted molar refractivity (Wildman–Crippen MR) is 78.9 cm³/mol. The van der Waals surface area contributed by atoms with E-state index in [1.807, 2.05) is 0 Å². The van der Waals surface area contributed by atoms with Crippen LogP contribution in [0, 0.1) is 0 Å². The zero-order chi connectivity index (χ0) is 12.8. The van der Waals surface area contributed by atoms with E-state index in [-0.39, 0.29) is 0 Å². The Balaban J connectivity index is 2.09. The molecule has 1 heteroatoms. The molecule has 1 unspecified atom stereocenters. The third-order valence-corrected chi connectivity index (χ3v) is 4.53. The van der Waals surface area contributed by atoms with Crippen molar-refractivity contribution in [1.29, 1.82) is 0 Å². The van der Waals surface area contributed by atoms with Gasteiger partial charge in [0, 0.05) is 12.0 Å². The van der Waals surface area contributed by atoms with Gasteiger partial charge in [-0.15, -0.1) is 0 Å². The summed E-state index contributed by atoms with van der Waals surface area (Å²) in [5.41, 5.74) is 4.33. The van der Waals surface area contributed by atoms with E-state index in [0.717, 1.165) is 5.78 Å². The van der Waals surface area contributed by atoms with Crippen molar-refractivity contribution >= 4 is 16.6 Å². The maximum Gasteiger partial charge on any atom is 0.351 e. The fraction of sp³-hybridized carbons (Fsp3) is 0.278. The van der Waals surface area contributed by atoms with Crippen LogP contribution >= 0.6 is 0 Å². The Morgan fingerprint density at radius 3 is 2.89 bits per heavy atom. The van der Waals surface area contributed by atoms with Crippen molar-refractivity contribution in [2.45, 2.75) is 25.2 Å². The maximum absolute atomic E-state index is 5.67. The maximum atomic E-state index is 5.67. The Morgan fingerprint density at radius 2 is 2.00 bits per heavy atom. The second-order valence-electron chi connectivity index (χ2n) is 5.48. The van der Waals surface area contributed by atoms with Crippen LogP contribution in [0.25, 0.3) is 10.8 Å². The van der Waals surface area contributed by atoms with Crippen LogP contribution in [0.3, 0.4) is 0 Å². The second-order valence-corrected chi connectivity index (χ2v) is 5.48. The SMILES string of the molecule is C[O+]=C1C=C2CCCC2c2ccc3ccccc3c21. The van der Waals surface area contributed by atoms with Gasteiger partial charge in [0.25, 0.3) is 7.11 Å². The molecule has 0 aliphatic heterocycles. The second kappa shape index (κ2) is 4.06. The molecule has 94 valence electrons. The van der Waals surface area contributed by atoms with Gasteiger partial charge in [0.15, 0.2) is 0 Å². The quantitative estimate of drug-likeness (QED) is 0.613. The molecule has 2 aromatic carbocycles. The average Bonchev–Trinajstić information content (AvgIpc) is 2.94. The summed E-state index contributed by atoms with van der Waals surface area (Å²) in [6, 6.07) is 13.2. The van der Waals surface area contributed by atoms with E-state index in [1.165, 1.54) is 41.2 Å². The third kappa shape index (κ3) is 1.51. The number of fused-ring (bicyclic) bond motifs is 5. The topological polar surface area (TPSA) is 11.3 Å². The van der Waals surface area contributed by atoms with Crippen molar-refractivity contribution in [1.82, 2.24) is 0 Å². The summed E-state index contributed by atoms with van der Waals surface area (Å²) in [6.45, 7) is 0. The van der Waals surface area contributed by atoms with Gasteiger partial charge < -0.3 is 0 Å². The molecule has 1 atom stereocenters. The lowest BCUT2D eigenvalue weighted by atomic mass is 9.81. The van der Waals surface area contributed by atoms with E-state index >= 15 is 0 Å². The molecule has 2 aliphatic carbocycles. The fourth-order valence-corrected chi connectivity index (χ4v) is 3.65. The zero-order valence-corrected chi connectivity index (χ0v) is 11.1. The standard InChI is InChI=1S/C18H17O/c1-19-17-11-13-6-4-8-14(13)16-10-9-12-5-2-3-7-15(12)18(16)17/h2-3,5,7,9-11,14H,4,6,8H2,1H3/q+1. The Labute approximate surface area is 113 Å². The first-order valence-electron chi connectivity index (χ1n) is 7.02. The molecule has 0 aromatic heterocycles. The normalized spacial score (nSPS) is 23.3. The highest BCUT2D eigenvalue weighted by molar-refractivity contribution is 6.16. The van der Waals surface area contributed by atoms with E-state index < -0.39 is 0 Å². The number of rotatable bonds is 0. The molecule has 0 radical (unpaired) electrons. The first kappa shape index (κ1) is 11.0. The molecule has 2 aromatic rings. The van der Waals surface area contributed by atoms with E-state index in [9.17, 15) is 0 Å². The van der Waals surface area contributed by atoms with Gasteiger partial charge in [-0.05, 0) is 35.6 Å². The Kier molecular flexibility index (Phi) is 2.34. The molecule has 0 spiro atoms. The predicted octanol–water partition coefficient (Wildman–Crippen LogP) is 4.40. The van der Waals surface area contributed by atoms with Crippen LogP contribution < -0.4 is 0 Å². The largest absolute Gasteiger partial charge is 0.351 e. The molecule has 4 rings (SSSR count). The van der Waals surface area contributed by atoms with E-state index in [1.54, 1.807) is 12.7 Å². The molecule has 0 heterocycles. The van der Waals surface area contributed by atoms with E-state index in [2.05, 4.69) is 42.5 Å². The summed E-state index contributed by atoms with van der Waals surface area (Å²) in [5, 5.41) is 2.62. The lowest BCUT2D eigenvalue weighted by Gasteiger charge is -2.20. The Bertz CT molecular complexity index is 722. The van der Waals surface area contributed by atoms with E-state index in [0.29, 0.717) is 5.92 Å². The highest BCUT2D eigenvalue weighted by Gasteiger charge is 2.34. The van der Waals surface area contributed by atoms with Crippen molar-refractivity contribution in [2.75, 3.05) is 7.11 Å². The van der Waals surface area contributed by atoms with Gasteiger partial charge >= 0.3 is 5.78 Å². The lowest BCUT2D eigenvalue weighted by molar-refractivity contribution is -0.222. The third-order valence-electron chi connectivity index (χ3n) is 4.53. The number of hydrogen-bond donors (Lipinski definition) is 0. The fourth-order valence-electron chi connectivity index (χ4n) is 3.65. The lowest BCUT2D eigenvalue weighted by Crippen LogP contribution is -2.13. The van der Waals surface area contributed by atoms with Crippen molar-refractivity contribution in [3.63, 3.8) is 0 Å². The monoisotopic (exact) mass is 249 g/mol. The smallest absolute Gasteiger partial charge is 0.257 e. The molecule has 1 saturated carbocycles. The van der Waals surface area contributed by atoms with Crippen molar-refractivity contribution in [3.05, 3.63) is 59.2 Å². The Morgan fingerprint density at radius 1 is 1.11 bits per heavy atom. The van der Waals surface area contributed by atoms with Gasteiger partial charge in [-0.3, -0.25) is 4.42 Å². The van der Waals surface area contributed by atoms with Gasteiger partial charge in [0.1, 0.15) is 0 Å². The van der Waals surface area contributed by atoms with Crippen molar-refractivity contribution in [3.8, 4) is 0 Å². The average molecular weight is 249 g/mol. The minimum atomic E-state index is 0.624. The summed E-state index contributed by atoms with van der Waals surface area (Å²) >= 11 is 0. The number of ketones is 1. The van der Waals surface area contributed by atoms with Gasteiger partial charge in [-0.25, -0.2) is 0 Å². The van der Waals surface area contributed by atoms with E-state index in [4.69, 9.17) is 4.42 Å². The zero-order valence-electron chi connectivity index (χ0n) is 11.1. The van der Waals surface area contributed by atoms with Crippen LogP contribution in [0.15, 0.2) is 48.0 Å². The molecule has 0 bridgehead atoms. The molecule has 1 fully saturated rings. The number of carbonyl (C=O) groups excluding carboxylic acids is 1. The van der Waals surface area contributed by atoms with Crippen LogP contribution in [0.4, 0.5) is 0 Å². The molecule has 0 N–H and O–H groups in total. The number of hydrogen-bond acceptors (Lipinski definition) is 0. The van der Waals surface area contributed by atoms with Gasteiger partial charge in [0.2, 0.25) is 0 Å². The van der Waals surface area contributed by atoms with Crippen LogP contribution in [0.5, 0.6) is 0 Å². The van der Waals surface area contributed by atoms with Crippen LogP contribution in [-0.2, 0) is 0 Å². The molecule has 0 amide bonds. The minimum absolute atomic E-state index is 0.624. The summed E-state index contributed by atoms with van der Waals surface area (Å²) in [7, 11) is 1.78. The highest BCUT2D eigenvalue weighted by Crippen LogP contribution is 2.45. The Hall–Kier alpha value is -1.89. The minimum Gasteiger partial charge on any atom is -0.257 e. The highest BCUT2D eigenvalue weighted by atomic mass is 16.4. The molecular formula is C18H17O+. The van der Waals surface area contributed by atoms with Gasteiger partial charge in [0.05, 0.1) is 5.56 Å². The summed E-state index contributed by atoms with van der Waals surface area (Å²) < 4.78 is 5.67. The van der Waals surface area contributed by atoms with Crippen molar-refractivity contribution < 1.29 is 4.42 Å². The van der Waals surface area contributed by atoms with Gasteiger partial charge in [-0.1, -0.05) is 42.0 Å². The molecule has 0 saturated heterocycles. The van der Waals surface area contributed by atoms with Crippen molar-refractivity contribution in [2.24, 2.45) is 0 Å². The summed E-state index contributed by atoms with van der Waals surface area (Å²) in [4.78, 5) is 0. The molecule has 19 heavy (non-hydrogen) atoms. The summed E-state index contributed by atoms with van der Waals surface area (Å²) in [5.74, 6) is 1.67. The molecular weight excluding hydrogens is 232 g/mol. The first-order valence-corrected chi connectivity index (χ1v) is 7.02. The van der Waals surface area contributed by atoms with Crippen LogP contribution in [-0.4, -0.2) is 12.9 Å². The first-order chi connectivity index (χ1) is 9.38. The molecule has 1 nitrogen and oxygen atoms in total. The van der Waals surface area contributed by atoms with Gasteiger partial charge in [-0.2, -0.15) is 0 Å². The number of allylic oxidation sites excluding steroid dienone is 2. The molecule has 2 aliphatic rings. The van der Waals surface area contributed by atoms with Crippen LogP contribution in [0.1, 0.15) is 40.7 Å². The number of benzene rings is 2.